The minimum Gasteiger partial charge on any atom is -0.380 e. The van der Waals surface area contributed by atoms with Crippen molar-refractivity contribution in [2.45, 2.75) is 19.9 Å². The lowest BCUT2D eigenvalue weighted by Gasteiger charge is -2.14. The third kappa shape index (κ3) is 2.30. The second kappa shape index (κ2) is 5.16. The number of H-pyrrole nitrogens is 1. The number of imidazole rings is 1. The van der Waals surface area contributed by atoms with Gasteiger partial charge in [-0.2, -0.15) is 0 Å². The fraction of sp³-hybridized carbons (Fsp3) is 0.417. The predicted molar refractivity (Wildman–Crippen MR) is 68.2 cm³/mol. The first-order chi connectivity index (χ1) is 8.54. The largest absolute Gasteiger partial charge is 0.380 e. The third-order valence-corrected chi connectivity index (χ3v) is 3.05. The van der Waals surface area contributed by atoms with Gasteiger partial charge in [0.25, 0.3) is 0 Å². The highest BCUT2D eigenvalue weighted by molar-refractivity contribution is 7.71. The Hall–Kier alpha value is -1.27. The molecule has 0 amide bonds. The molecule has 3 nitrogen and oxygen atoms in total. The molecule has 2 rings (SSSR count). The maximum atomic E-state index is 13.6. The van der Waals surface area contributed by atoms with E-state index in [2.05, 4.69) is 4.98 Å². The number of nitrogens with zero attached hydrogens (tertiary/aromatic N) is 1. The highest BCUT2D eigenvalue weighted by Gasteiger charge is 2.15. The summed E-state index contributed by atoms with van der Waals surface area (Å²) in [5.41, 5.74) is 0.648. The molecule has 1 aromatic heterocycles. The maximum Gasteiger partial charge on any atom is 0.178 e. The van der Waals surface area contributed by atoms with Gasteiger partial charge in [-0.1, -0.05) is 0 Å². The first-order valence-electron chi connectivity index (χ1n) is 5.71. The zero-order chi connectivity index (χ0) is 13.3. The Labute approximate surface area is 108 Å². The molecule has 0 bridgehead atoms. The van der Waals surface area contributed by atoms with E-state index in [1.54, 1.807) is 4.57 Å². The summed E-state index contributed by atoms with van der Waals surface area (Å²) in [5.74, 6) is -1.26. The summed E-state index contributed by atoms with van der Waals surface area (Å²) in [6, 6.07) is 2.02. The molecule has 1 aromatic carbocycles. The molecule has 0 aliphatic rings. The molecule has 1 N–H and O–H groups in total. The second-order valence-electron chi connectivity index (χ2n) is 4.09. The number of hydrogen-bond acceptors (Lipinski definition) is 2. The summed E-state index contributed by atoms with van der Waals surface area (Å²) >= 11 is 5.15. The van der Waals surface area contributed by atoms with Crippen molar-refractivity contribution in [1.82, 2.24) is 9.55 Å². The summed E-state index contributed by atoms with van der Waals surface area (Å²) in [6.45, 7) is 4.81. The van der Waals surface area contributed by atoms with Gasteiger partial charge >= 0.3 is 0 Å². The molecular weight excluding hydrogens is 258 g/mol. The molecule has 1 heterocycles. The summed E-state index contributed by atoms with van der Waals surface area (Å²) in [6.07, 6.45) is 0. The van der Waals surface area contributed by atoms with Crippen LogP contribution in [-0.2, 0) is 4.74 Å². The van der Waals surface area contributed by atoms with Crippen molar-refractivity contribution in [2.75, 3.05) is 13.2 Å². The highest BCUT2D eigenvalue weighted by Crippen LogP contribution is 2.23. The number of fused-ring (bicyclic) bond motifs is 1. The standard InChI is InChI=1S/C12H14F2N2OS/c1-3-17-6-7(2)16-10-5-8(13)4-9(14)11(10)15-12(16)18/h4-5,7H,3,6H2,1-2H3,(H,15,18). The normalized spacial score (nSPS) is 13.1. The summed E-state index contributed by atoms with van der Waals surface area (Å²) < 4.78 is 34.2. The van der Waals surface area contributed by atoms with Crippen molar-refractivity contribution < 1.29 is 13.5 Å². The van der Waals surface area contributed by atoms with Gasteiger partial charge in [0.1, 0.15) is 11.3 Å². The number of aromatic amines is 1. The van der Waals surface area contributed by atoms with Crippen LogP contribution in [0.15, 0.2) is 12.1 Å². The van der Waals surface area contributed by atoms with Crippen LogP contribution in [0.1, 0.15) is 19.9 Å². The van der Waals surface area contributed by atoms with Gasteiger partial charge < -0.3 is 14.3 Å². The molecule has 0 saturated heterocycles. The summed E-state index contributed by atoms with van der Waals surface area (Å²) in [5, 5.41) is 0. The molecular formula is C12H14F2N2OS. The van der Waals surface area contributed by atoms with Crippen molar-refractivity contribution in [1.29, 1.82) is 0 Å². The van der Waals surface area contributed by atoms with E-state index in [-0.39, 0.29) is 11.6 Å². The van der Waals surface area contributed by atoms with Crippen LogP contribution >= 0.6 is 12.2 Å². The molecule has 0 fully saturated rings. The van der Waals surface area contributed by atoms with Crippen LogP contribution in [0, 0.1) is 16.4 Å². The lowest BCUT2D eigenvalue weighted by atomic mass is 10.2. The third-order valence-electron chi connectivity index (χ3n) is 2.75. The number of aromatic nitrogens is 2. The second-order valence-corrected chi connectivity index (χ2v) is 4.48. The number of nitrogens with one attached hydrogen (secondary N) is 1. The maximum absolute atomic E-state index is 13.6. The molecule has 6 heteroatoms. The van der Waals surface area contributed by atoms with E-state index in [1.165, 1.54) is 6.07 Å². The van der Waals surface area contributed by atoms with Crippen molar-refractivity contribution >= 4 is 23.3 Å². The lowest BCUT2D eigenvalue weighted by molar-refractivity contribution is 0.119. The van der Waals surface area contributed by atoms with E-state index >= 15 is 0 Å². The fourth-order valence-electron chi connectivity index (χ4n) is 1.95. The number of rotatable bonds is 4. The van der Waals surface area contributed by atoms with Gasteiger partial charge in [-0.05, 0) is 32.1 Å². The Kier molecular flexibility index (Phi) is 3.77. The van der Waals surface area contributed by atoms with Crippen LogP contribution in [0.4, 0.5) is 8.78 Å². The molecule has 98 valence electrons. The molecule has 18 heavy (non-hydrogen) atoms. The van der Waals surface area contributed by atoms with E-state index in [0.717, 1.165) is 6.07 Å². The average Bonchev–Trinajstić information content (AvgIpc) is 2.63. The molecule has 2 aromatic rings. The van der Waals surface area contributed by atoms with Gasteiger partial charge in [0, 0.05) is 12.7 Å². The van der Waals surface area contributed by atoms with Crippen molar-refractivity contribution in [2.24, 2.45) is 0 Å². The van der Waals surface area contributed by atoms with E-state index in [0.29, 0.717) is 23.5 Å². The Bertz CT molecular complexity index is 620. The van der Waals surface area contributed by atoms with E-state index in [9.17, 15) is 8.78 Å². The van der Waals surface area contributed by atoms with E-state index in [1.807, 2.05) is 13.8 Å². The predicted octanol–water partition coefficient (Wildman–Crippen LogP) is 3.57. The van der Waals surface area contributed by atoms with Gasteiger partial charge in [0.05, 0.1) is 18.2 Å². The van der Waals surface area contributed by atoms with Crippen LogP contribution in [0.2, 0.25) is 0 Å². The molecule has 0 radical (unpaired) electrons. The van der Waals surface area contributed by atoms with Crippen LogP contribution in [-0.4, -0.2) is 22.8 Å². The SMILES string of the molecule is CCOCC(C)n1c(=S)[nH]c2c(F)cc(F)cc21. The van der Waals surface area contributed by atoms with Gasteiger partial charge in [-0.15, -0.1) is 0 Å². The molecule has 0 saturated carbocycles. The zero-order valence-corrected chi connectivity index (χ0v) is 11.0. The minimum absolute atomic E-state index is 0.0904. The highest BCUT2D eigenvalue weighted by atomic mass is 32.1. The van der Waals surface area contributed by atoms with Crippen LogP contribution < -0.4 is 0 Å². The van der Waals surface area contributed by atoms with E-state index in [4.69, 9.17) is 17.0 Å². The quantitative estimate of drug-likeness (QED) is 0.862. The zero-order valence-electron chi connectivity index (χ0n) is 10.2. The number of benzene rings is 1. The molecule has 1 atom stereocenters. The van der Waals surface area contributed by atoms with Gasteiger partial charge in [0.15, 0.2) is 10.6 Å². The first kappa shape index (κ1) is 13.2. The van der Waals surface area contributed by atoms with Gasteiger partial charge in [-0.3, -0.25) is 0 Å². The molecule has 0 aliphatic carbocycles. The summed E-state index contributed by atoms with van der Waals surface area (Å²) in [7, 11) is 0. The van der Waals surface area contributed by atoms with Gasteiger partial charge in [0.2, 0.25) is 0 Å². The topological polar surface area (TPSA) is 29.9 Å². The number of ether oxygens (including phenoxy) is 1. The Morgan fingerprint density at radius 1 is 1.44 bits per heavy atom. The minimum atomic E-state index is -0.640. The van der Waals surface area contributed by atoms with Crippen molar-refractivity contribution in [3.63, 3.8) is 0 Å². The molecule has 1 unspecified atom stereocenters. The number of halogens is 2. The Morgan fingerprint density at radius 2 is 2.17 bits per heavy atom. The van der Waals surface area contributed by atoms with Crippen molar-refractivity contribution in [3.05, 3.63) is 28.5 Å². The smallest absolute Gasteiger partial charge is 0.178 e. The average molecular weight is 272 g/mol. The lowest BCUT2D eigenvalue weighted by Crippen LogP contribution is -2.12. The molecule has 0 aliphatic heterocycles. The van der Waals surface area contributed by atoms with Crippen molar-refractivity contribution in [3.8, 4) is 0 Å². The van der Waals surface area contributed by atoms with Crippen LogP contribution in [0.5, 0.6) is 0 Å². The summed E-state index contributed by atoms with van der Waals surface area (Å²) in [4.78, 5) is 2.76. The first-order valence-corrected chi connectivity index (χ1v) is 6.12. The Morgan fingerprint density at radius 3 is 2.83 bits per heavy atom. The molecule has 0 spiro atoms. The number of hydrogen-bond donors (Lipinski definition) is 1. The van der Waals surface area contributed by atoms with Gasteiger partial charge in [-0.25, -0.2) is 8.78 Å². The monoisotopic (exact) mass is 272 g/mol. The van der Waals surface area contributed by atoms with E-state index < -0.39 is 11.6 Å². The van der Waals surface area contributed by atoms with Crippen LogP contribution in [0.3, 0.4) is 0 Å². The Balaban J connectivity index is 2.56. The van der Waals surface area contributed by atoms with Crippen LogP contribution in [0.25, 0.3) is 11.0 Å². The fourth-order valence-corrected chi connectivity index (χ4v) is 2.33.